The lowest BCUT2D eigenvalue weighted by Gasteiger charge is -1.98. The van der Waals surface area contributed by atoms with Crippen LogP contribution in [-0.4, -0.2) is 0 Å². The second-order valence-corrected chi connectivity index (χ2v) is 6.03. The van der Waals surface area contributed by atoms with E-state index >= 15 is 0 Å². The molecule has 2 aromatic carbocycles. The summed E-state index contributed by atoms with van der Waals surface area (Å²) in [5.41, 5.74) is 4.76. The first-order valence-electron chi connectivity index (χ1n) is 8.97. The molecule has 122 valence electrons. The molecular formula is C24H26. The molecule has 0 nitrogen and oxygen atoms in total. The standard InChI is InChI=1S/C24H26/c1-3-5-6-7-8-10-22-13-17-24(18-14-22)20-19-23-15-11-21(9-4-2)12-16-23/h11-18H,3-6,9-10H2,1-2H3. The van der Waals surface area contributed by atoms with Gasteiger partial charge in [-0.15, -0.1) is 5.92 Å². The first kappa shape index (κ1) is 17.9. The zero-order chi connectivity index (χ0) is 17.0. The van der Waals surface area contributed by atoms with Crippen molar-refractivity contribution in [3.63, 3.8) is 0 Å². The van der Waals surface area contributed by atoms with Gasteiger partial charge in [-0.05, 0) is 48.2 Å². The van der Waals surface area contributed by atoms with Crippen LogP contribution >= 0.6 is 0 Å². The van der Waals surface area contributed by atoms with Crippen molar-refractivity contribution in [1.82, 2.24) is 0 Å². The van der Waals surface area contributed by atoms with Gasteiger partial charge in [-0.25, -0.2) is 0 Å². The van der Waals surface area contributed by atoms with Crippen molar-refractivity contribution in [2.75, 3.05) is 0 Å². The molecule has 0 aliphatic heterocycles. The van der Waals surface area contributed by atoms with Gasteiger partial charge in [0.2, 0.25) is 0 Å². The smallest absolute Gasteiger partial charge is 0.0340 e. The van der Waals surface area contributed by atoms with Crippen molar-refractivity contribution in [2.24, 2.45) is 0 Å². The Morgan fingerprint density at radius 3 is 1.79 bits per heavy atom. The summed E-state index contributed by atoms with van der Waals surface area (Å²) in [6.45, 7) is 4.40. The molecule has 0 N–H and O–H groups in total. The van der Waals surface area contributed by atoms with Gasteiger partial charge in [-0.1, -0.05) is 68.7 Å². The summed E-state index contributed by atoms with van der Waals surface area (Å²) in [5.74, 6) is 13.0. The summed E-state index contributed by atoms with van der Waals surface area (Å²) >= 11 is 0. The predicted octanol–water partition coefficient (Wildman–Crippen LogP) is 5.78. The fourth-order valence-corrected chi connectivity index (χ4v) is 2.41. The number of hydrogen-bond donors (Lipinski definition) is 0. The van der Waals surface area contributed by atoms with Crippen molar-refractivity contribution in [3.8, 4) is 23.7 Å². The first-order chi connectivity index (χ1) is 11.8. The molecule has 0 amide bonds. The Kier molecular flexibility index (Phi) is 7.73. The highest BCUT2D eigenvalue weighted by Crippen LogP contribution is 2.07. The summed E-state index contributed by atoms with van der Waals surface area (Å²) in [6.07, 6.45) is 6.56. The normalized spacial score (nSPS) is 9.58. The molecule has 0 aliphatic carbocycles. The van der Waals surface area contributed by atoms with Gasteiger partial charge in [-0.2, -0.15) is 0 Å². The lowest BCUT2D eigenvalue weighted by Crippen LogP contribution is -1.84. The van der Waals surface area contributed by atoms with Gasteiger partial charge in [-0.3, -0.25) is 0 Å². The maximum Gasteiger partial charge on any atom is 0.0340 e. The number of rotatable bonds is 5. The van der Waals surface area contributed by atoms with Gasteiger partial charge >= 0.3 is 0 Å². The van der Waals surface area contributed by atoms with Crippen molar-refractivity contribution >= 4 is 0 Å². The Morgan fingerprint density at radius 2 is 1.25 bits per heavy atom. The average molecular weight is 314 g/mol. The van der Waals surface area contributed by atoms with Gasteiger partial charge in [0.15, 0.2) is 0 Å². The lowest BCUT2D eigenvalue weighted by molar-refractivity contribution is 0.827. The van der Waals surface area contributed by atoms with Crippen LogP contribution in [0.4, 0.5) is 0 Å². The number of aryl methyl sites for hydroxylation is 1. The van der Waals surface area contributed by atoms with Crippen LogP contribution in [-0.2, 0) is 12.8 Å². The second-order valence-electron chi connectivity index (χ2n) is 6.03. The van der Waals surface area contributed by atoms with Crippen LogP contribution in [0.5, 0.6) is 0 Å². The zero-order valence-electron chi connectivity index (χ0n) is 14.9. The highest BCUT2D eigenvalue weighted by Gasteiger charge is 1.93. The zero-order valence-corrected chi connectivity index (χ0v) is 14.9. The Labute approximate surface area is 147 Å². The van der Waals surface area contributed by atoms with E-state index in [2.05, 4.69) is 86.1 Å². The molecule has 0 aliphatic rings. The third-order valence-electron chi connectivity index (χ3n) is 3.87. The molecule has 0 atom stereocenters. The summed E-state index contributed by atoms with van der Waals surface area (Å²) in [4.78, 5) is 0. The summed E-state index contributed by atoms with van der Waals surface area (Å²) in [5, 5.41) is 0. The fraction of sp³-hybridized carbons (Fsp3) is 0.333. The van der Waals surface area contributed by atoms with Crippen molar-refractivity contribution in [3.05, 3.63) is 70.8 Å². The molecule has 0 saturated carbocycles. The Morgan fingerprint density at radius 1 is 0.667 bits per heavy atom. The van der Waals surface area contributed by atoms with E-state index in [1.807, 2.05) is 0 Å². The Hall–Kier alpha value is -2.44. The van der Waals surface area contributed by atoms with Gasteiger partial charge in [0, 0.05) is 24.0 Å². The molecule has 0 fully saturated rings. The quantitative estimate of drug-likeness (QED) is 0.485. The van der Waals surface area contributed by atoms with E-state index in [1.54, 1.807) is 0 Å². The monoisotopic (exact) mass is 314 g/mol. The van der Waals surface area contributed by atoms with Crippen LogP contribution in [0.15, 0.2) is 48.5 Å². The molecule has 0 saturated heterocycles. The van der Waals surface area contributed by atoms with Crippen molar-refractivity contribution < 1.29 is 0 Å². The van der Waals surface area contributed by atoms with Crippen LogP contribution in [0.2, 0.25) is 0 Å². The fourth-order valence-electron chi connectivity index (χ4n) is 2.41. The van der Waals surface area contributed by atoms with Gasteiger partial charge in [0.25, 0.3) is 0 Å². The van der Waals surface area contributed by atoms with Gasteiger partial charge in [0.1, 0.15) is 0 Å². The van der Waals surface area contributed by atoms with Crippen molar-refractivity contribution in [1.29, 1.82) is 0 Å². The van der Waals surface area contributed by atoms with E-state index < -0.39 is 0 Å². The molecule has 0 heteroatoms. The molecule has 0 bridgehead atoms. The van der Waals surface area contributed by atoms with Gasteiger partial charge in [0.05, 0.1) is 0 Å². The highest BCUT2D eigenvalue weighted by atomic mass is 14.0. The SMILES string of the molecule is CCCCC#CCc1ccc(C#Cc2ccc(CCC)cc2)cc1. The van der Waals surface area contributed by atoms with Crippen molar-refractivity contribution in [2.45, 2.75) is 52.4 Å². The molecule has 0 spiro atoms. The number of hydrogen-bond acceptors (Lipinski definition) is 0. The third-order valence-corrected chi connectivity index (χ3v) is 3.87. The van der Waals surface area contributed by atoms with Crippen LogP contribution in [0.25, 0.3) is 0 Å². The number of unbranched alkanes of at least 4 members (excludes halogenated alkanes) is 2. The minimum absolute atomic E-state index is 0.830. The maximum absolute atomic E-state index is 3.24. The Balaban J connectivity index is 1.92. The minimum atomic E-state index is 0.830. The second kappa shape index (κ2) is 10.4. The van der Waals surface area contributed by atoms with Crippen LogP contribution in [0.3, 0.4) is 0 Å². The molecule has 0 heterocycles. The predicted molar refractivity (Wildman–Crippen MR) is 104 cm³/mol. The summed E-state index contributed by atoms with van der Waals surface area (Å²) < 4.78 is 0. The van der Waals surface area contributed by atoms with E-state index in [0.29, 0.717) is 0 Å². The van der Waals surface area contributed by atoms with Gasteiger partial charge < -0.3 is 0 Å². The van der Waals surface area contributed by atoms with Crippen LogP contribution in [0.1, 0.15) is 61.8 Å². The maximum atomic E-state index is 3.24. The average Bonchev–Trinajstić information content (AvgIpc) is 2.62. The molecule has 24 heavy (non-hydrogen) atoms. The lowest BCUT2D eigenvalue weighted by atomic mass is 10.1. The molecule has 0 unspecified atom stereocenters. The first-order valence-corrected chi connectivity index (χ1v) is 8.97. The highest BCUT2D eigenvalue weighted by molar-refractivity contribution is 5.44. The number of benzene rings is 2. The summed E-state index contributed by atoms with van der Waals surface area (Å²) in [7, 11) is 0. The molecule has 2 rings (SSSR count). The largest absolute Gasteiger partial charge is 0.103 e. The minimum Gasteiger partial charge on any atom is -0.103 e. The van der Waals surface area contributed by atoms with Crippen LogP contribution < -0.4 is 0 Å². The van der Waals surface area contributed by atoms with E-state index in [-0.39, 0.29) is 0 Å². The Bertz CT molecular complexity index is 725. The van der Waals surface area contributed by atoms with E-state index in [1.165, 1.54) is 30.4 Å². The van der Waals surface area contributed by atoms with E-state index in [9.17, 15) is 0 Å². The van der Waals surface area contributed by atoms with E-state index in [4.69, 9.17) is 0 Å². The molecule has 0 radical (unpaired) electrons. The molecule has 0 aromatic heterocycles. The third kappa shape index (κ3) is 6.36. The molecular weight excluding hydrogens is 288 g/mol. The van der Waals surface area contributed by atoms with Crippen LogP contribution in [0, 0.1) is 23.7 Å². The molecule has 2 aromatic rings. The summed E-state index contributed by atoms with van der Waals surface area (Å²) in [6, 6.07) is 17.0. The topological polar surface area (TPSA) is 0 Å². The van der Waals surface area contributed by atoms with E-state index in [0.717, 1.165) is 30.4 Å².